The summed E-state index contributed by atoms with van der Waals surface area (Å²) in [4.78, 5) is 10.3. The van der Waals surface area contributed by atoms with Crippen LogP contribution in [0.4, 0.5) is 5.69 Å². The second kappa shape index (κ2) is 7.57. The van der Waals surface area contributed by atoms with E-state index in [-0.39, 0.29) is 5.69 Å². The van der Waals surface area contributed by atoms with Crippen LogP contribution >= 0.6 is 11.6 Å². The molecule has 0 bridgehead atoms. The average Bonchev–Trinajstić information content (AvgIpc) is 3.23. The molecule has 0 unspecified atom stereocenters. The molecule has 0 aliphatic heterocycles. The van der Waals surface area contributed by atoms with Gasteiger partial charge in [-0.05, 0) is 43.4 Å². The Kier molecular flexibility index (Phi) is 5.76. The highest BCUT2D eigenvalue weighted by atomic mass is 35.5. The number of hydrogen-bond acceptors (Lipinski definition) is 4. The summed E-state index contributed by atoms with van der Waals surface area (Å²) in [6.07, 6.45) is 3.55. The summed E-state index contributed by atoms with van der Waals surface area (Å²) < 4.78 is 5.53. The van der Waals surface area contributed by atoms with Crippen LogP contribution in [-0.2, 0) is 11.3 Å². The monoisotopic (exact) mass is 298 g/mol. The third kappa shape index (κ3) is 5.07. The Bertz CT molecular complexity index is 464. The summed E-state index contributed by atoms with van der Waals surface area (Å²) >= 11 is 6.02. The molecule has 0 atom stereocenters. The molecule has 0 spiro atoms. The van der Waals surface area contributed by atoms with Gasteiger partial charge in [-0.3, -0.25) is 10.1 Å². The summed E-state index contributed by atoms with van der Waals surface area (Å²) in [5.74, 6) is 0.798. The van der Waals surface area contributed by atoms with E-state index in [1.807, 2.05) is 0 Å². The van der Waals surface area contributed by atoms with Gasteiger partial charge in [0.2, 0.25) is 0 Å². The Balaban J connectivity index is 1.64. The molecule has 2 rings (SSSR count). The molecule has 0 heterocycles. The first kappa shape index (κ1) is 15.2. The van der Waals surface area contributed by atoms with Crippen molar-refractivity contribution in [3.8, 4) is 0 Å². The van der Waals surface area contributed by atoms with Gasteiger partial charge in [-0.1, -0.05) is 11.6 Å². The SMILES string of the molecule is O=[N+]([O-])c1ccc(Cl)c(CNCCCOCC2CC2)c1. The number of ether oxygens (including phenoxy) is 1. The summed E-state index contributed by atoms with van der Waals surface area (Å²) in [7, 11) is 0. The Morgan fingerprint density at radius 3 is 2.95 bits per heavy atom. The van der Waals surface area contributed by atoms with Crippen molar-refractivity contribution >= 4 is 17.3 Å². The van der Waals surface area contributed by atoms with Gasteiger partial charge in [-0.25, -0.2) is 0 Å². The van der Waals surface area contributed by atoms with E-state index in [1.54, 1.807) is 6.07 Å². The lowest BCUT2D eigenvalue weighted by molar-refractivity contribution is -0.384. The van der Waals surface area contributed by atoms with Crippen LogP contribution in [0.1, 0.15) is 24.8 Å². The molecule has 1 fully saturated rings. The fourth-order valence-electron chi connectivity index (χ4n) is 1.87. The minimum absolute atomic E-state index is 0.0685. The normalized spacial score (nSPS) is 14.4. The maximum absolute atomic E-state index is 10.7. The van der Waals surface area contributed by atoms with Gasteiger partial charge in [0.05, 0.1) is 4.92 Å². The molecule has 1 aliphatic carbocycles. The number of halogens is 1. The molecule has 110 valence electrons. The van der Waals surface area contributed by atoms with Gasteiger partial charge < -0.3 is 10.1 Å². The van der Waals surface area contributed by atoms with E-state index < -0.39 is 4.92 Å². The van der Waals surface area contributed by atoms with Gasteiger partial charge in [0.1, 0.15) is 0 Å². The molecule has 1 aliphatic rings. The van der Waals surface area contributed by atoms with Crippen LogP contribution in [0.3, 0.4) is 0 Å². The number of nitro groups is 1. The second-order valence-electron chi connectivity index (χ2n) is 5.08. The van der Waals surface area contributed by atoms with E-state index in [0.29, 0.717) is 11.6 Å². The summed E-state index contributed by atoms with van der Waals surface area (Å²) in [6.45, 7) is 2.98. The molecule has 0 saturated heterocycles. The minimum atomic E-state index is -0.411. The number of non-ortho nitro benzene ring substituents is 1. The highest BCUT2D eigenvalue weighted by molar-refractivity contribution is 6.31. The van der Waals surface area contributed by atoms with E-state index in [4.69, 9.17) is 16.3 Å². The zero-order valence-corrected chi connectivity index (χ0v) is 12.1. The number of rotatable bonds is 9. The maximum Gasteiger partial charge on any atom is 0.269 e. The molecule has 1 aromatic carbocycles. The first-order valence-electron chi connectivity index (χ1n) is 6.88. The second-order valence-corrected chi connectivity index (χ2v) is 5.49. The van der Waals surface area contributed by atoms with Crippen LogP contribution in [0.15, 0.2) is 18.2 Å². The molecule has 0 aromatic heterocycles. The first-order chi connectivity index (χ1) is 9.66. The van der Waals surface area contributed by atoms with Crippen LogP contribution < -0.4 is 5.32 Å². The number of nitro benzene ring substituents is 1. The molecule has 1 N–H and O–H groups in total. The van der Waals surface area contributed by atoms with E-state index in [2.05, 4.69) is 5.32 Å². The fourth-order valence-corrected chi connectivity index (χ4v) is 2.05. The van der Waals surface area contributed by atoms with Gasteiger partial charge in [0, 0.05) is 36.9 Å². The van der Waals surface area contributed by atoms with Crippen molar-refractivity contribution in [3.63, 3.8) is 0 Å². The van der Waals surface area contributed by atoms with Crippen molar-refractivity contribution in [1.82, 2.24) is 5.32 Å². The molecule has 1 aromatic rings. The number of benzene rings is 1. The number of hydrogen-bond donors (Lipinski definition) is 1. The van der Waals surface area contributed by atoms with Gasteiger partial charge in [0.25, 0.3) is 5.69 Å². The third-order valence-electron chi connectivity index (χ3n) is 3.25. The van der Waals surface area contributed by atoms with Crippen molar-refractivity contribution in [2.24, 2.45) is 5.92 Å². The fraction of sp³-hybridized carbons (Fsp3) is 0.571. The number of nitrogens with zero attached hydrogens (tertiary/aromatic N) is 1. The van der Waals surface area contributed by atoms with Gasteiger partial charge in [-0.15, -0.1) is 0 Å². The predicted molar refractivity (Wildman–Crippen MR) is 78.0 cm³/mol. The van der Waals surface area contributed by atoms with Crippen molar-refractivity contribution in [2.75, 3.05) is 19.8 Å². The van der Waals surface area contributed by atoms with E-state index >= 15 is 0 Å². The van der Waals surface area contributed by atoms with Crippen molar-refractivity contribution < 1.29 is 9.66 Å². The molecular weight excluding hydrogens is 280 g/mol. The number of nitrogens with one attached hydrogen (secondary N) is 1. The topological polar surface area (TPSA) is 64.4 Å². The zero-order chi connectivity index (χ0) is 14.4. The summed E-state index contributed by atoms with van der Waals surface area (Å²) in [5, 5.41) is 14.5. The molecule has 1 saturated carbocycles. The highest BCUT2D eigenvalue weighted by Crippen LogP contribution is 2.28. The molecule has 0 radical (unpaired) electrons. The van der Waals surface area contributed by atoms with Gasteiger partial charge in [0.15, 0.2) is 0 Å². The molecular formula is C14H19ClN2O3. The van der Waals surface area contributed by atoms with Gasteiger partial charge in [-0.2, -0.15) is 0 Å². The molecule has 20 heavy (non-hydrogen) atoms. The average molecular weight is 299 g/mol. The standard InChI is InChI=1S/C14H19ClN2O3/c15-14-5-4-13(17(18)19)8-12(14)9-16-6-1-7-20-10-11-2-3-11/h4-5,8,11,16H,1-3,6-7,9-10H2. The van der Waals surface area contributed by atoms with E-state index in [1.165, 1.54) is 25.0 Å². The Morgan fingerprint density at radius 2 is 2.25 bits per heavy atom. The largest absolute Gasteiger partial charge is 0.381 e. The summed E-state index contributed by atoms with van der Waals surface area (Å²) in [5.41, 5.74) is 0.818. The maximum atomic E-state index is 10.7. The molecule has 0 amide bonds. The lowest BCUT2D eigenvalue weighted by Gasteiger charge is -2.07. The minimum Gasteiger partial charge on any atom is -0.381 e. The Labute approximate surface area is 123 Å². The molecule has 5 nitrogen and oxygen atoms in total. The van der Waals surface area contributed by atoms with Crippen LogP contribution in [0.2, 0.25) is 5.02 Å². The predicted octanol–water partition coefficient (Wildman–Crippen LogP) is 3.15. The first-order valence-corrected chi connectivity index (χ1v) is 7.26. The van der Waals surface area contributed by atoms with Crippen molar-refractivity contribution in [3.05, 3.63) is 38.9 Å². The van der Waals surface area contributed by atoms with E-state index in [0.717, 1.165) is 37.7 Å². The van der Waals surface area contributed by atoms with Crippen molar-refractivity contribution in [2.45, 2.75) is 25.8 Å². The lowest BCUT2D eigenvalue weighted by atomic mass is 10.2. The van der Waals surface area contributed by atoms with Crippen LogP contribution in [-0.4, -0.2) is 24.7 Å². The van der Waals surface area contributed by atoms with Crippen LogP contribution in [0.5, 0.6) is 0 Å². The quantitative estimate of drug-likeness (QED) is 0.432. The van der Waals surface area contributed by atoms with E-state index in [9.17, 15) is 10.1 Å². The lowest BCUT2D eigenvalue weighted by Crippen LogP contribution is -2.17. The van der Waals surface area contributed by atoms with Crippen LogP contribution in [0, 0.1) is 16.0 Å². The molecule has 6 heteroatoms. The zero-order valence-electron chi connectivity index (χ0n) is 11.3. The highest BCUT2D eigenvalue weighted by Gasteiger charge is 2.20. The smallest absolute Gasteiger partial charge is 0.269 e. The summed E-state index contributed by atoms with van der Waals surface area (Å²) in [6, 6.07) is 4.49. The third-order valence-corrected chi connectivity index (χ3v) is 3.62. The van der Waals surface area contributed by atoms with Crippen LogP contribution in [0.25, 0.3) is 0 Å². The van der Waals surface area contributed by atoms with Crippen molar-refractivity contribution in [1.29, 1.82) is 0 Å². The van der Waals surface area contributed by atoms with Gasteiger partial charge >= 0.3 is 0 Å². The Hall–Kier alpha value is -1.17. The Morgan fingerprint density at radius 1 is 1.45 bits per heavy atom.